The third-order valence-electron chi connectivity index (χ3n) is 2.92. The number of carbonyl (C=O) groups excluding carboxylic acids is 2. The molecule has 0 spiro atoms. The Morgan fingerprint density at radius 1 is 1.53 bits per heavy atom. The summed E-state index contributed by atoms with van der Waals surface area (Å²) in [7, 11) is 0. The minimum atomic E-state index is -0.384. The van der Waals surface area contributed by atoms with Gasteiger partial charge in [-0.05, 0) is 25.1 Å². The van der Waals surface area contributed by atoms with Crippen LogP contribution < -0.4 is 15.5 Å². The molecule has 2 N–H and O–H groups in total. The smallest absolute Gasteiger partial charge is 0.315 e. The van der Waals surface area contributed by atoms with Crippen molar-refractivity contribution in [1.29, 1.82) is 0 Å². The molecule has 5 nitrogen and oxygen atoms in total. The number of urea groups is 1. The van der Waals surface area contributed by atoms with Crippen LogP contribution in [0.5, 0.6) is 0 Å². The molecule has 1 fully saturated rings. The van der Waals surface area contributed by atoms with Crippen molar-refractivity contribution in [2.45, 2.75) is 19.4 Å². The van der Waals surface area contributed by atoms with Crippen molar-refractivity contribution < 1.29 is 14.0 Å². The molecule has 1 aromatic carbocycles. The fourth-order valence-electron chi connectivity index (χ4n) is 2.09. The van der Waals surface area contributed by atoms with Crippen molar-refractivity contribution in [3.63, 3.8) is 0 Å². The lowest BCUT2D eigenvalue weighted by Crippen LogP contribution is -2.43. The lowest BCUT2D eigenvalue weighted by molar-refractivity contribution is -0.117. The molecule has 0 aromatic heterocycles. The SMILES string of the molecule is CCNC(=O)N[C@H]1CC(=O)N(c2cccc(F)c2)C1. The number of amides is 3. The maximum atomic E-state index is 13.1. The molecule has 1 heterocycles. The van der Waals surface area contributed by atoms with Gasteiger partial charge in [0.1, 0.15) is 5.82 Å². The molecule has 6 heteroatoms. The number of hydrogen-bond donors (Lipinski definition) is 2. The normalized spacial score (nSPS) is 18.5. The minimum absolute atomic E-state index is 0.118. The van der Waals surface area contributed by atoms with Crippen LogP contribution in [0, 0.1) is 5.82 Å². The number of rotatable bonds is 3. The van der Waals surface area contributed by atoms with Crippen LogP contribution in [0.3, 0.4) is 0 Å². The average Bonchev–Trinajstić information content (AvgIpc) is 2.70. The van der Waals surface area contributed by atoms with E-state index in [9.17, 15) is 14.0 Å². The first-order chi connectivity index (χ1) is 9.10. The summed E-state index contributed by atoms with van der Waals surface area (Å²) in [4.78, 5) is 24.7. The lowest BCUT2D eigenvalue weighted by Gasteiger charge is -2.17. The third kappa shape index (κ3) is 3.21. The molecule has 102 valence electrons. The standard InChI is InChI=1S/C13H16FN3O2/c1-2-15-13(19)16-10-7-12(18)17(8-10)11-5-3-4-9(14)6-11/h3-6,10H,2,7-8H2,1H3,(H2,15,16,19)/t10-/m0/s1. The molecule has 1 aromatic rings. The van der Waals surface area contributed by atoms with Gasteiger partial charge in [-0.15, -0.1) is 0 Å². The third-order valence-corrected chi connectivity index (χ3v) is 2.92. The number of nitrogens with zero attached hydrogens (tertiary/aromatic N) is 1. The first-order valence-corrected chi connectivity index (χ1v) is 6.20. The Morgan fingerprint density at radius 3 is 3.00 bits per heavy atom. The van der Waals surface area contributed by atoms with Gasteiger partial charge in [-0.25, -0.2) is 9.18 Å². The van der Waals surface area contributed by atoms with Crippen LogP contribution in [0.2, 0.25) is 0 Å². The van der Waals surface area contributed by atoms with Crippen molar-refractivity contribution in [3.8, 4) is 0 Å². The van der Waals surface area contributed by atoms with Crippen LogP contribution in [-0.2, 0) is 4.79 Å². The Balaban J connectivity index is 2.01. The second kappa shape index (κ2) is 5.69. The van der Waals surface area contributed by atoms with E-state index < -0.39 is 0 Å². The number of benzene rings is 1. The van der Waals surface area contributed by atoms with Gasteiger partial charge in [0.05, 0.1) is 6.04 Å². The maximum Gasteiger partial charge on any atom is 0.315 e. The van der Waals surface area contributed by atoms with Gasteiger partial charge in [0.2, 0.25) is 5.91 Å². The van der Waals surface area contributed by atoms with E-state index in [1.165, 1.54) is 17.0 Å². The monoisotopic (exact) mass is 265 g/mol. The van der Waals surface area contributed by atoms with Crippen LogP contribution >= 0.6 is 0 Å². The predicted octanol–water partition coefficient (Wildman–Crippen LogP) is 1.25. The number of halogens is 1. The zero-order valence-electron chi connectivity index (χ0n) is 10.6. The van der Waals surface area contributed by atoms with E-state index in [-0.39, 0.29) is 30.2 Å². The van der Waals surface area contributed by atoms with Crippen LogP contribution in [0.4, 0.5) is 14.9 Å². The molecule has 3 amide bonds. The number of nitrogens with one attached hydrogen (secondary N) is 2. The lowest BCUT2D eigenvalue weighted by atomic mass is 10.2. The number of carbonyl (C=O) groups is 2. The molecular weight excluding hydrogens is 249 g/mol. The molecule has 0 radical (unpaired) electrons. The molecule has 2 rings (SSSR count). The highest BCUT2D eigenvalue weighted by atomic mass is 19.1. The van der Waals surface area contributed by atoms with Gasteiger partial charge in [-0.1, -0.05) is 6.07 Å². The van der Waals surface area contributed by atoms with Gasteiger partial charge in [0.25, 0.3) is 0 Å². The Bertz CT molecular complexity index is 493. The first-order valence-electron chi connectivity index (χ1n) is 6.20. The van der Waals surface area contributed by atoms with Crippen LogP contribution in [0.25, 0.3) is 0 Å². The largest absolute Gasteiger partial charge is 0.338 e. The van der Waals surface area contributed by atoms with Gasteiger partial charge < -0.3 is 15.5 Å². The van der Waals surface area contributed by atoms with E-state index in [1.807, 2.05) is 6.92 Å². The molecule has 19 heavy (non-hydrogen) atoms. The summed E-state index contributed by atoms with van der Waals surface area (Å²) in [5.74, 6) is -0.502. The fourth-order valence-corrected chi connectivity index (χ4v) is 2.09. The summed E-state index contributed by atoms with van der Waals surface area (Å²) >= 11 is 0. The van der Waals surface area contributed by atoms with Gasteiger partial charge in [0, 0.05) is 25.2 Å². The van der Waals surface area contributed by atoms with Crippen LogP contribution in [0.1, 0.15) is 13.3 Å². The molecule has 0 saturated carbocycles. The molecule has 0 aliphatic carbocycles. The van der Waals surface area contributed by atoms with E-state index >= 15 is 0 Å². The predicted molar refractivity (Wildman–Crippen MR) is 69.4 cm³/mol. The van der Waals surface area contributed by atoms with Crippen molar-refractivity contribution in [2.24, 2.45) is 0 Å². The fraction of sp³-hybridized carbons (Fsp3) is 0.385. The molecular formula is C13H16FN3O2. The minimum Gasteiger partial charge on any atom is -0.338 e. The summed E-state index contributed by atoms with van der Waals surface area (Å²) in [6.07, 6.45) is 0.230. The van der Waals surface area contributed by atoms with Crippen molar-refractivity contribution in [1.82, 2.24) is 10.6 Å². The molecule has 1 aliphatic heterocycles. The van der Waals surface area contributed by atoms with Gasteiger partial charge >= 0.3 is 6.03 Å². The van der Waals surface area contributed by atoms with Crippen LogP contribution in [-0.4, -0.2) is 31.1 Å². The number of anilines is 1. The summed E-state index contributed by atoms with van der Waals surface area (Å²) in [5.41, 5.74) is 0.519. The quantitative estimate of drug-likeness (QED) is 0.864. The van der Waals surface area contributed by atoms with Crippen molar-refractivity contribution in [2.75, 3.05) is 18.0 Å². The zero-order chi connectivity index (χ0) is 13.8. The van der Waals surface area contributed by atoms with E-state index in [0.29, 0.717) is 18.8 Å². The van der Waals surface area contributed by atoms with E-state index in [0.717, 1.165) is 0 Å². The molecule has 1 saturated heterocycles. The summed E-state index contributed by atoms with van der Waals surface area (Å²) in [6, 6.07) is 5.34. The van der Waals surface area contributed by atoms with Gasteiger partial charge in [-0.2, -0.15) is 0 Å². The highest BCUT2D eigenvalue weighted by molar-refractivity contribution is 5.96. The van der Waals surface area contributed by atoms with Crippen molar-refractivity contribution >= 4 is 17.6 Å². The summed E-state index contributed by atoms with van der Waals surface area (Å²) in [5, 5.41) is 5.33. The Hall–Kier alpha value is -2.11. The van der Waals surface area contributed by atoms with Crippen molar-refractivity contribution in [3.05, 3.63) is 30.1 Å². The van der Waals surface area contributed by atoms with Crippen LogP contribution in [0.15, 0.2) is 24.3 Å². The molecule has 1 aliphatic rings. The molecule has 0 bridgehead atoms. The Labute approximate surface area is 110 Å². The van der Waals surface area contributed by atoms with Gasteiger partial charge in [0.15, 0.2) is 0 Å². The van der Waals surface area contributed by atoms with E-state index in [4.69, 9.17) is 0 Å². The second-order valence-electron chi connectivity index (χ2n) is 4.39. The first kappa shape index (κ1) is 13.3. The Morgan fingerprint density at radius 2 is 2.32 bits per heavy atom. The summed E-state index contributed by atoms with van der Waals surface area (Å²) in [6.45, 7) is 2.71. The molecule has 0 unspecified atom stereocenters. The van der Waals surface area contributed by atoms with E-state index in [1.54, 1.807) is 12.1 Å². The Kier molecular flexibility index (Phi) is 3.99. The topological polar surface area (TPSA) is 61.4 Å². The number of hydrogen-bond acceptors (Lipinski definition) is 2. The maximum absolute atomic E-state index is 13.1. The van der Waals surface area contributed by atoms with Gasteiger partial charge in [-0.3, -0.25) is 4.79 Å². The average molecular weight is 265 g/mol. The highest BCUT2D eigenvalue weighted by Crippen LogP contribution is 2.22. The zero-order valence-corrected chi connectivity index (χ0v) is 10.6. The summed E-state index contributed by atoms with van der Waals surface area (Å²) < 4.78 is 13.1. The molecule has 1 atom stereocenters. The van der Waals surface area contributed by atoms with E-state index in [2.05, 4.69) is 10.6 Å². The second-order valence-corrected chi connectivity index (χ2v) is 4.39. The highest BCUT2D eigenvalue weighted by Gasteiger charge is 2.31.